The largest absolute Gasteiger partial charge is 0.382 e. The Morgan fingerprint density at radius 3 is 1.85 bits per heavy atom. The maximum absolute atomic E-state index is 10.8. The third-order valence-corrected chi connectivity index (χ3v) is 3.04. The standard InChI is InChI=1S/C16H27N3O/c1-11(2)9-15(10-12(3)4)18-13-5-7-14(8-6-13)19-16(17)20/h5-8,11-12,15,18H,9-10H2,1-4H3,(H3,17,19,20). The third-order valence-electron chi connectivity index (χ3n) is 3.04. The maximum atomic E-state index is 10.8. The van der Waals surface area contributed by atoms with E-state index in [4.69, 9.17) is 5.73 Å². The summed E-state index contributed by atoms with van der Waals surface area (Å²) in [6, 6.07) is 7.59. The van der Waals surface area contributed by atoms with E-state index in [0.717, 1.165) is 18.5 Å². The molecule has 112 valence electrons. The topological polar surface area (TPSA) is 67.2 Å². The molecule has 0 saturated carbocycles. The highest BCUT2D eigenvalue weighted by atomic mass is 16.2. The Balaban J connectivity index is 2.65. The first-order chi connectivity index (χ1) is 9.36. The molecular formula is C16H27N3O. The Morgan fingerprint density at radius 2 is 1.45 bits per heavy atom. The maximum Gasteiger partial charge on any atom is 0.316 e. The first-order valence-corrected chi connectivity index (χ1v) is 7.30. The molecule has 1 rings (SSSR count). The Labute approximate surface area is 122 Å². The van der Waals surface area contributed by atoms with Gasteiger partial charge in [0.2, 0.25) is 0 Å². The molecule has 0 fully saturated rings. The lowest BCUT2D eigenvalue weighted by atomic mass is 9.95. The molecule has 4 nitrogen and oxygen atoms in total. The smallest absolute Gasteiger partial charge is 0.316 e. The van der Waals surface area contributed by atoms with Gasteiger partial charge in [0.25, 0.3) is 0 Å². The quantitative estimate of drug-likeness (QED) is 0.704. The molecule has 20 heavy (non-hydrogen) atoms. The number of primary amides is 1. The summed E-state index contributed by atoms with van der Waals surface area (Å²) in [5.74, 6) is 1.34. The summed E-state index contributed by atoms with van der Waals surface area (Å²) in [5.41, 5.74) is 6.88. The van der Waals surface area contributed by atoms with E-state index in [2.05, 4.69) is 38.3 Å². The van der Waals surface area contributed by atoms with Crippen molar-refractivity contribution in [3.8, 4) is 0 Å². The predicted octanol–water partition coefficient (Wildman–Crippen LogP) is 4.05. The lowest BCUT2D eigenvalue weighted by molar-refractivity contribution is 0.259. The van der Waals surface area contributed by atoms with Crippen molar-refractivity contribution in [3.05, 3.63) is 24.3 Å². The fraction of sp³-hybridized carbons (Fsp3) is 0.562. The van der Waals surface area contributed by atoms with Gasteiger partial charge in [0.15, 0.2) is 0 Å². The number of anilines is 2. The summed E-state index contributed by atoms with van der Waals surface area (Å²) < 4.78 is 0. The summed E-state index contributed by atoms with van der Waals surface area (Å²) in [6.07, 6.45) is 2.30. The molecule has 0 bridgehead atoms. The monoisotopic (exact) mass is 277 g/mol. The zero-order chi connectivity index (χ0) is 15.1. The van der Waals surface area contributed by atoms with Crippen molar-refractivity contribution in [2.24, 2.45) is 17.6 Å². The van der Waals surface area contributed by atoms with Gasteiger partial charge in [0.05, 0.1) is 0 Å². The number of carbonyl (C=O) groups is 1. The van der Waals surface area contributed by atoms with Gasteiger partial charge < -0.3 is 16.4 Å². The fourth-order valence-electron chi connectivity index (χ4n) is 2.38. The van der Waals surface area contributed by atoms with Crippen LogP contribution < -0.4 is 16.4 Å². The summed E-state index contributed by atoms with van der Waals surface area (Å²) in [5, 5.41) is 6.14. The molecule has 0 saturated heterocycles. The fourth-order valence-corrected chi connectivity index (χ4v) is 2.38. The van der Waals surface area contributed by atoms with Crippen LogP contribution in [0.15, 0.2) is 24.3 Å². The number of hydrogen-bond donors (Lipinski definition) is 3. The van der Waals surface area contributed by atoms with Crippen LogP contribution in [0.2, 0.25) is 0 Å². The average molecular weight is 277 g/mol. The molecule has 0 spiro atoms. The summed E-state index contributed by atoms with van der Waals surface area (Å²) in [4.78, 5) is 10.8. The number of hydrogen-bond acceptors (Lipinski definition) is 2. The van der Waals surface area contributed by atoms with E-state index in [-0.39, 0.29) is 0 Å². The van der Waals surface area contributed by atoms with Gasteiger partial charge >= 0.3 is 6.03 Å². The van der Waals surface area contributed by atoms with Gasteiger partial charge in [-0.15, -0.1) is 0 Å². The molecule has 4 heteroatoms. The normalized spacial score (nSPS) is 11.2. The van der Waals surface area contributed by atoms with Gasteiger partial charge in [0.1, 0.15) is 0 Å². The van der Waals surface area contributed by atoms with Gasteiger partial charge in [-0.25, -0.2) is 4.79 Å². The SMILES string of the molecule is CC(C)CC(CC(C)C)Nc1ccc(NC(N)=O)cc1. The van der Waals surface area contributed by atoms with Crippen molar-refractivity contribution in [3.63, 3.8) is 0 Å². The van der Waals surface area contributed by atoms with Crippen molar-refractivity contribution in [1.82, 2.24) is 0 Å². The Bertz CT molecular complexity index is 402. The van der Waals surface area contributed by atoms with Crippen molar-refractivity contribution < 1.29 is 4.79 Å². The van der Waals surface area contributed by atoms with E-state index in [9.17, 15) is 4.79 Å². The highest BCUT2D eigenvalue weighted by molar-refractivity contribution is 5.87. The average Bonchev–Trinajstić information content (AvgIpc) is 2.29. The van der Waals surface area contributed by atoms with Gasteiger partial charge in [-0.2, -0.15) is 0 Å². The molecular weight excluding hydrogens is 250 g/mol. The molecule has 4 N–H and O–H groups in total. The van der Waals surface area contributed by atoms with Crippen LogP contribution in [0, 0.1) is 11.8 Å². The van der Waals surface area contributed by atoms with E-state index in [1.54, 1.807) is 0 Å². The van der Waals surface area contributed by atoms with Crippen LogP contribution in [-0.4, -0.2) is 12.1 Å². The molecule has 0 aliphatic carbocycles. The van der Waals surface area contributed by atoms with Crippen LogP contribution in [0.4, 0.5) is 16.2 Å². The van der Waals surface area contributed by atoms with Crippen LogP contribution in [0.3, 0.4) is 0 Å². The zero-order valence-electron chi connectivity index (χ0n) is 12.9. The van der Waals surface area contributed by atoms with Gasteiger partial charge in [-0.05, 0) is 48.9 Å². The molecule has 0 radical (unpaired) electrons. The first-order valence-electron chi connectivity index (χ1n) is 7.30. The molecule has 0 unspecified atom stereocenters. The first kappa shape index (κ1) is 16.3. The van der Waals surface area contributed by atoms with Crippen molar-refractivity contribution in [1.29, 1.82) is 0 Å². The van der Waals surface area contributed by atoms with Crippen LogP contribution in [0.5, 0.6) is 0 Å². The lowest BCUT2D eigenvalue weighted by Gasteiger charge is -2.23. The third kappa shape index (κ3) is 6.45. The minimum absolute atomic E-state index is 0.477. The predicted molar refractivity (Wildman–Crippen MR) is 86.0 cm³/mol. The number of carbonyl (C=O) groups excluding carboxylic acids is 1. The molecule has 0 atom stereocenters. The van der Waals surface area contributed by atoms with Crippen LogP contribution in [0.25, 0.3) is 0 Å². The van der Waals surface area contributed by atoms with E-state index < -0.39 is 6.03 Å². The second kappa shape index (κ2) is 7.78. The highest BCUT2D eigenvalue weighted by Gasteiger charge is 2.12. The summed E-state index contributed by atoms with van der Waals surface area (Å²) >= 11 is 0. The van der Waals surface area contributed by atoms with Crippen LogP contribution in [0.1, 0.15) is 40.5 Å². The Kier molecular flexibility index (Phi) is 6.36. The second-order valence-electron chi connectivity index (χ2n) is 6.17. The number of amides is 2. The number of benzene rings is 1. The number of nitrogens with one attached hydrogen (secondary N) is 2. The van der Waals surface area contributed by atoms with Gasteiger partial charge in [-0.1, -0.05) is 27.7 Å². The van der Waals surface area contributed by atoms with Crippen molar-refractivity contribution in [2.45, 2.75) is 46.6 Å². The van der Waals surface area contributed by atoms with Gasteiger partial charge in [-0.3, -0.25) is 0 Å². The van der Waals surface area contributed by atoms with E-state index >= 15 is 0 Å². The number of nitrogens with two attached hydrogens (primary N) is 1. The van der Waals surface area contributed by atoms with E-state index in [1.807, 2.05) is 24.3 Å². The summed E-state index contributed by atoms with van der Waals surface area (Å²) in [6.45, 7) is 8.98. The lowest BCUT2D eigenvalue weighted by Crippen LogP contribution is -2.23. The highest BCUT2D eigenvalue weighted by Crippen LogP contribution is 2.20. The Hall–Kier alpha value is -1.71. The van der Waals surface area contributed by atoms with Gasteiger partial charge in [0, 0.05) is 17.4 Å². The van der Waals surface area contributed by atoms with Crippen molar-refractivity contribution >= 4 is 17.4 Å². The minimum atomic E-state index is -0.539. The minimum Gasteiger partial charge on any atom is -0.382 e. The molecule has 0 heterocycles. The number of rotatable bonds is 7. The zero-order valence-corrected chi connectivity index (χ0v) is 12.9. The van der Waals surface area contributed by atoms with E-state index in [0.29, 0.717) is 23.6 Å². The summed E-state index contributed by atoms with van der Waals surface area (Å²) in [7, 11) is 0. The van der Waals surface area contributed by atoms with Crippen molar-refractivity contribution in [2.75, 3.05) is 10.6 Å². The molecule has 0 aliphatic heterocycles. The molecule has 1 aromatic rings. The molecule has 2 amide bonds. The molecule has 0 aromatic heterocycles. The molecule has 0 aliphatic rings. The van der Waals surface area contributed by atoms with Crippen LogP contribution >= 0.6 is 0 Å². The van der Waals surface area contributed by atoms with E-state index in [1.165, 1.54) is 0 Å². The van der Waals surface area contributed by atoms with Crippen LogP contribution in [-0.2, 0) is 0 Å². The Morgan fingerprint density at radius 1 is 1.00 bits per heavy atom. The second-order valence-corrected chi connectivity index (χ2v) is 6.17. The molecule has 1 aromatic carbocycles. The number of urea groups is 1.